The van der Waals surface area contributed by atoms with Crippen molar-refractivity contribution >= 4 is 62.0 Å². The Bertz CT molecular complexity index is 967. The Morgan fingerprint density at radius 3 is 0.0800 bits per heavy atom. The van der Waals surface area contributed by atoms with Crippen molar-refractivity contribution in [2.24, 2.45) is 0 Å². The molecule has 0 radical (unpaired) electrons. The molecule has 0 aromatic heterocycles. The summed E-state index contributed by atoms with van der Waals surface area (Å²) in [7, 11) is 0. The maximum Gasteiger partial charge on any atom is 0.100 e. The monoisotopic (exact) mass is 2020 g/mol. The van der Waals surface area contributed by atoms with E-state index in [-0.39, 0.29) is 326 Å². The maximum atomic E-state index is 8.17. The Kier molecular flexibility index (Phi) is 286. The van der Waals surface area contributed by atoms with Gasteiger partial charge in [0.2, 0.25) is 0 Å². The number of hydrogen-bond acceptors (Lipinski definition) is 60. The van der Waals surface area contributed by atoms with E-state index in [1.807, 2.05) is 0 Å². The van der Waals surface area contributed by atoms with E-state index in [1.54, 1.807) is 0 Å². The molecule has 0 bridgehead atoms. The van der Waals surface area contributed by atoms with Crippen LogP contribution in [0.4, 0.5) is 0 Å². The molecule has 800 valence electrons. The SMILES string of the molecule is Cl.Cl.Cl.Cl.Cl.OCC(O)CO.OCC(O)CO.OCC(O)CO.OCC(O)CO.OCC(O)CO.OCC(O)CO.OCC(O)CO.OCC(O)CO.OCC(O)CO.OCC(O)CO.OCC(O)CO.OCC(O)CO.OCC(O)CO.OCC(O)CO.OCC(O)CO.OCC(O)CO.OCC(O)CO.OCC(O)CO.OCC(O)CO.OCC(O)CO. The Hall–Kier alpha value is -0.950. The van der Waals surface area contributed by atoms with Crippen LogP contribution in [-0.4, -0.2) is 693 Å². The summed E-state index contributed by atoms with van der Waals surface area (Å²) in [6, 6.07) is 0. The minimum atomic E-state index is -0.954. The largest absolute Gasteiger partial charge is 0.394 e. The van der Waals surface area contributed by atoms with Gasteiger partial charge < -0.3 is 306 Å². The van der Waals surface area contributed by atoms with Crippen LogP contribution in [0.1, 0.15) is 0 Å². The first kappa shape index (κ1) is 191. The molecule has 0 aromatic rings. The molecule has 0 rings (SSSR count). The summed E-state index contributed by atoms with van der Waals surface area (Å²) in [6.45, 7) is -14.6. The van der Waals surface area contributed by atoms with E-state index in [0.29, 0.717) is 0 Å². The molecule has 0 spiro atoms. The first-order valence-corrected chi connectivity index (χ1v) is 34.1. The summed E-state index contributed by atoms with van der Waals surface area (Å²) >= 11 is 0. The van der Waals surface area contributed by atoms with Gasteiger partial charge in [-0.3, -0.25) is 0 Å². The van der Waals surface area contributed by atoms with Crippen LogP contribution in [0.5, 0.6) is 0 Å². The van der Waals surface area contributed by atoms with Crippen molar-refractivity contribution in [2.75, 3.05) is 264 Å². The van der Waals surface area contributed by atoms with E-state index >= 15 is 0 Å². The minimum absolute atomic E-state index is 0. The zero-order chi connectivity index (χ0) is 99.8. The van der Waals surface area contributed by atoms with Gasteiger partial charge in [-0.05, 0) is 0 Å². The molecule has 0 aromatic carbocycles. The number of halogens is 5. The lowest BCUT2D eigenvalue weighted by Gasteiger charge is -1.96. The van der Waals surface area contributed by atoms with Gasteiger partial charge in [-0.15, -0.1) is 62.0 Å². The topological polar surface area (TPSA) is 1210 Å². The normalized spacial score (nSPS) is 9.60. The molecule has 125 heavy (non-hydrogen) atoms. The second-order valence-electron chi connectivity index (χ2n) is 20.4. The van der Waals surface area contributed by atoms with E-state index in [9.17, 15) is 0 Å². The summed E-state index contributed by atoms with van der Waals surface area (Å²) in [6.07, 6.45) is -19.1. The van der Waals surface area contributed by atoms with Gasteiger partial charge in [-0.25, -0.2) is 0 Å². The van der Waals surface area contributed by atoms with Crippen LogP contribution in [0.2, 0.25) is 0 Å². The number of aliphatic hydroxyl groups excluding tert-OH is 60. The van der Waals surface area contributed by atoms with Crippen molar-refractivity contribution in [2.45, 2.75) is 122 Å². The lowest BCUT2D eigenvalue weighted by Crippen LogP contribution is -2.15. The molecule has 65 heteroatoms. The Labute approximate surface area is 752 Å². The zero-order valence-corrected chi connectivity index (χ0v) is 72.8. The van der Waals surface area contributed by atoms with Crippen molar-refractivity contribution in [1.82, 2.24) is 0 Å². The summed E-state index contributed by atoms with van der Waals surface area (Å²) in [5, 5.41) is 480. The van der Waals surface area contributed by atoms with Crippen molar-refractivity contribution < 1.29 is 306 Å². The fourth-order valence-electron chi connectivity index (χ4n) is 1.15. The molecule has 0 aliphatic heterocycles. The van der Waals surface area contributed by atoms with Crippen LogP contribution in [0.25, 0.3) is 0 Å². The highest BCUT2D eigenvalue weighted by Crippen LogP contribution is 1.81. The van der Waals surface area contributed by atoms with Crippen molar-refractivity contribution in [1.29, 1.82) is 0 Å². The lowest BCUT2D eigenvalue weighted by atomic mass is 10.4. The smallest absolute Gasteiger partial charge is 0.100 e. The number of hydrogen-bond donors (Lipinski definition) is 60. The first-order chi connectivity index (χ1) is 56.2. The predicted octanol–water partition coefficient (Wildman–Crippen LogP) is -31.3. The molecule has 0 amide bonds. The maximum absolute atomic E-state index is 8.17. The summed E-state index contributed by atoms with van der Waals surface area (Å²) < 4.78 is 0. The van der Waals surface area contributed by atoms with Gasteiger partial charge in [0.05, 0.1) is 264 Å². The van der Waals surface area contributed by atoms with Gasteiger partial charge in [0, 0.05) is 0 Å². The molecule has 0 saturated carbocycles. The number of rotatable bonds is 40. The quantitative estimate of drug-likeness (QED) is 0.0271. The van der Waals surface area contributed by atoms with E-state index in [4.69, 9.17) is 306 Å². The highest BCUT2D eigenvalue weighted by atomic mass is 35.5. The zero-order valence-electron chi connectivity index (χ0n) is 68.7. The van der Waals surface area contributed by atoms with Gasteiger partial charge in [0.1, 0.15) is 122 Å². The minimum Gasteiger partial charge on any atom is -0.394 e. The van der Waals surface area contributed by atoms with Crippen LogP contribution in [0.3, 0.4) is 0 Å². The predicted molar refractivity (Wildman–Crippen MR) is 440 cm³/mol. The van der Waals surface area contributed by atoms with Gasteiger partial charge in [0.25, 0.3) is 0 Å². The third-order valence-corrected chi connectivity index (χ3v) is 8.43. The third-order valence-electron chi connectivity index (χ3n) is 8.43. The average Bonchev–Trinajstić information content (AvgIpc) is 3.82. The van der Waals surface area contributed by atoms with E-state index in [1.165, 1.54) is 0 Å². The van der Waals surface area contributed by atoms with Crippen molar-refractivity contribution in [3.05, 3.63) is 0 Å². The Morgan fingerprint density at radius 1 is 0.0640 bits per heavy atom. The van der Waals surface area contributed by atoms with Gasteiger partial charge in [0.15, 0.2) is 0 Å². The average molecular weight is 2020 g/mol. The molecular weight excluding hydrogens is 1860 g/mol. The molecule has 0 unspecified atom stereocenters. The molecule has 0 heterocycles. The highest BCUT2D eigenvalue weighted by molar-refractivity contribution is 5.86. The molecular formula is C60H165Cl5O60. The van der Waals surface area contributed by atoms with Gasteiger partial charge in [-0.1, -0.05) is 0 Å². The van der Waals surface area contributed by atoms with Crippen molar-refractivity contribution in [3.63, 3.8) is 0 Å². The Morgan fingerprint density at radius 2 is 0.0800 bits per heavy atom. The third kappa shape index (κ3) is 289. The molecule has 60 N–H and O–H groups in total. The van der Waals surface area contributed by atoms with E-state index in [0.717, 1.165) is 0 Å². The first-order valence-electron chi connectivity index (χ1n) is 34.1. The standard InChI is InChI=1S/20C3H8O3.5ClH/c20*4-1-3(6)2-5;;;;;/h20*3-6H,1-2H2;5*1H. The summed E-state index contributed by atoms with van der Waals surface area (Å²) in [4.78, 5) is 0. The van der Waals surface area contributed by atoms with Gasteiger partial charge >= 0.3 is 0 Å². The summed E-state index contributed by atoms with van der Waals surface area (Å²) in [5.74, 6) is 0. The van der Waals surface area contributed by atoms with Gasteiger partial charge in [-0.2, -0.15) is 0 Å². The fraction of sp³-hybridized carbons (Fsp3) is 1.00. The molecule has 0 saturated heterocycles. The summed E-state index contributed by atoms with van der Waals surface area (Å²) in [5.41, 5.74) is 0. The molecule has 0 fully saturated rings. The highest BCUT2D eigenvalue weighted by Gasteiger charge is 2.03. The molecule has 0 aliphatic carbocycles. The van der Waals surface area contributed by atoms with Crippen LogP contribution in [0.15, 0.2) is 0 Å². The second-order valence-corrected chi connectivity index (χ2v) is 20.4. The van der Waals surface area contributed by atoms with Crippen LogP contribution >= 0.6 is 62.0 Å². The second kappa shape index (κ2) is 187. The van der Waals surface area contributed by atoms with Crippen LogP contribution in [0, 0.1) is 0 Å². The van der Waals surface area contributed by atoms with Crippen LogP contribution < -0.4 is 0 Å². The van der Waals surface area contributed by atoms with E-state index in [2.05, 4.69) is 0 Å². The van der Waals surface area contributed by atoms with E-state index < -0.39 is 122 Å². The van der Waals surface area contributed by atoms with Crippen molar-refractivity contribution in [3.8, 4) is 0 Å². The lowest BCUT2D eigenvalue weighted by molar-refractivity contribution is 0.0450. The number of aliphatic hydroxyl groups is 60. The Balaban J connectivity index is -0.0000000365. The fourth-order valence-corrected chi connectivity index (χ4v) is 1.15. The molecule has 0 atom stereocenters. The van der Waals surface area contributed by atoms with Crippen LogP contribution in [-0.2, 0) is 0 Å². The molecule has 60 nitrogen and oxygen atoms in total. The molecule has 0 aliphatic rings.